The lowest BCUT2D eigenvalue weighted by Gasteiger charge is -2.21. The van der Waals surface area contributed by atoms with Crippen molar-refractivity contribution in [2.24, 2.45) is 5.92 Å². The van der Waals surface area contributed by atoms with Gasteiger partial charge in [0.25, 0.3) is 5.56 Å². The van der Waals surface area contributed by atoms with Gasteiger partial charge in [-0.2, -0.15) is 5.10 Å². The highest BCUT2D eigenvalue weighted by molar-refractivity contribution is 5.90. The normalized spacial score (nSPS) is 15.1. The molecule has 4 rings (SSSR count). The van der Waals surface area contributed by atoms with Crippen LogP contribution in [-0.4, -0.2) is 38.9 Å². The molecule has 2 N–H and O–H groups in total. The zero-order valence-electron chi connectivity index (χ0n) is 14.9. The van der Waals surface area contributed by atoms with Gasteiger partial charge in [0.2, 0.25) is 5.91 Å². The average molecular weight is 367 g/mol. The maximum atomic E-state index is 12.2. The summed E-state index contributed by atoms with van der Waals surface area (Å²) in [6.07, 6.45) is 6.34. The lowest BCUT2D eigenvalue weighted by Crippen LogP contribution is -2.18. The maximum absolute atomic E-state index is 12.2. The summed E-state index contributed by atoms with van der Waals surface area (Å²) < 4.78 is 6.94. The summed E-state index contributed by atoms with van der Waals surface area (Å²) >= 11 is 0. The van der Waals surface area contributed by atoms with Crippen LogP contribution in [0.3, 0.4) is 0 Å². The Morgan fingerprint density at radius 1 is 1.26 bits per heavy atom. The molecular weight excluding hydrogens is 346 g/mol. The fourth-order valence-electron chi connectivity index (χ4n) is 3.32. The number of carbonyl (C=O) groups is 1. The smallest absolute Gasteiger partial charge is 0.261 e. The monoisotopic (exact) mass is 367 g/mol. The van der Waals surface area contributed by atoms with Crippen molar-refractivity contribution < 1.29 is 9.53 Å². The van der Waals surface area contributed by atoms with Gasteiger partial charge in [-0.15, -0.1) is 0 Å². The number of hydrogen-bond acceptors (Lipinski definition) is 5. The lowest BCUT2D eigenvalue weighted by molar-refractivity contribution is -0.116. The molecule has 0 spiro atoms. The van der Waals surface area contributed by atoms with Gasteiger partial charge in [0.15, 0.2) is 5.65 Å². The number of ether oxygens (including phenoxy) is 1. The number of rotatable bonds is 5. The zero-order valence-corrected chi connectivity index (χ0v) is 14.9. The van der Waals surface area contributed by atoms with Gasteiger partial charge in [-0.25, -0.2) is 9.67 Å². The van der Waals surface area contributed by atoms with E-state index in [9.17, 15) is 9.59 Å². The van der Waals surface area contributed by atoms with E-state index in [0.29, 0.717) is 23.4 Å². The number of nitrogens with zero attached hydrogens (tertiary/aromatic N) is 3. The second-order valence-corrected chi connectivity index (χ2v) is 6.71. The highest BCUT2D eigenvalue weighted by Crippen LogP contribution is 2.21. The molecule has 8 heteroatoms. The average Bonchev–Trinajstić information content (AvgIpc) is 3.13. The summed E-state index contributed by atoms with van der Waals surface area (Å²) in [6, 6.07) is 7.32. The number of amides is 1. The van der Waals surface area contributed by atoms with E-state index < -0.39 is 0 Å². The topological polar surface area (TPSA) is 102 Å². The van der Waals surface area contributed by atoms with E-state index in [1.807, 2.05) is 24.3 Å². The summed E-state index contributed by atoms with van der Waals surface area (Å²) in [7, 11) is 0. The Balaban J connectivity index is 1.40. The van der Waals surface area contributed by atoms with Crippen molar-refractivity contribution in [3.8, 4) is 5.69 Å². The first-order chi connectivity index (χ1) is 13.2. The van der Waals surface area contributed by atoms with Gasteiger partial charge in [0, 0.05) is 25.3 Å². The highest BCUT2D eigenvalue weighted by atomic mass is 16.5. The van der Waals surface area contributed by atoms with E-state index in [1.54, 1.807) is 4.68 Å². The predicted octanol–water partition coefficient (Wildman–Crippen LogP) is 2.25. The molecule has 3 aromatic rings. The standard InChI is InChI=1S/C19H21N5O3/c25-17(6-1-13-7-9-27-10-8-13)23-14-2-4-15(5-3-14)24-18-16(11-22-24)19(26)21-12-20-18/h2-5,11-13H,1,6-10H2,(H,23,25)(H,20,21,26). The molecule has 0 atom stereocenters. The van der Waals surface area contributed by atoms with Crippen molar-refractivity contribution in [3.63, 3.8) is 0 Å². The molecule has 1 fully saturated rings. The van der Waals surface area contributed by atoms with Gasteiger partial charge in [-0.05, 0) is 49.4 Å². The Morgan fingerprint density at radius 3 is 2.81 bits per heavy atom. The van der Waals surface area contributed by atoms with Crippen LogP contribution in [0.2, 0.25) is 0 Å². The van der Waals surface area contributed by atoms with E-state index in [1.165, 1.54) is 12.5 Å². The van der Waals surface area contributed by atoms with E-state index >= 15 is 0 Å². The summed E-state index contributed by atoms with van der Waals surface area (Å²) in [6.45, 7) is 1.60. The van der Waals surface area contributed by atoms with Gasteiger partial charge < -0.3 is 15.0 Å². The molecule has 1 aromatic carbocycles. The third kappa shape index (κ3) is 3.90. The first-order valence-electron chi connectivity index (χ1n) is 9.10. The fourth-order valence-corrected chi connectivity index (χ4v) is 3.32. The minimum absolute atomic E-state index is 0.0204. The second kappa shape index (κ2) is 7.71. The number of carbonyl (C=O) groups excluding carboxylic acids is 1. The van der Waals surface area contributed by atoms with Gasteiger partial charge in [0.1, 0.15) is 5.39 Å². The Labute approximate surface area is 155 Å². The zero-order chi connectivity index (χ0) is 18.6. The first-order valence-corrected chi connectivity index (χ1v) is 9.10. The number of hydrogen-bond donors (Lipinski definition) is 2. The molecule has 140 valence electrons. The van der Waals surface area contributed by atoms with Crippen molar-refractivity contribution in [1.29, 1.82) is 0 Å². The Hall–Kier alpha value is -3.00. The Kier molecular flexibility index (Phi) is 4.97. The maximum Gasteiger partial charge on any atom is 0.261 e. The van der Waals surface area contributed by atoms with Crippen molar-refractivity contribution in [2.45, 2.75) is 25.7 Å². The summed E-state index contributed by atoms with van der Waals surface area (Å²) in [5.74, 6) is 0.600. The van der Waals surface area contributed by atoms with Gasteiger partial charge >= 0.3 is 0 Å². The predicted molar refractivity (Wildman–Crippen MR) is 101 cm³/mol. The number of fused-ring (bicyclic) bond motifs is 1. The van der Waals surface area contributed by atoms with E-state index in [0.717, 1.165) is 43.9 Å². The molecule has 1 saturated heterocycles. The fraction of sp³-hybridized carbons (Fsp3) is 0.368. The van der Waals surface area contributed by atoms with Crippen molar-refractivity contribution in [3.05, 3.63) is 47.1 Å². The van der Waals surface area contributed by atoms with E-state index in [4.69, 9.17) is 4.74 Å². The summed E-state index contributed by atoms with van der Waals surface area (Å²) in [4.78, 5) is 30.7. The van der Waals surface area contributed by atoms with Crippen LogP contribution in [0.1, 0.15) is 25.7 Å². The van der Waals surface area contributed by atoms with Crippen molar-refractivity contribution >= 4 is 22.6 Å². The number of nitrogens with one attached hydrogen (secondary N) is 2. The molecule has 1 aliphatic rings. The van der Waals surface area contributed by atoms with Crippen LogP contribution >= 0.6 is 0 Å². The molecule has 27 heavy (non-hydrogen) atoms. The van der Waals surface area contributed by atoms with Crippen LogP contribution in [0.25, 0.3) is 16.7 Å². The SMILES string of the molecule is O=C(CCC1CCOCC1)Nc1ccc(-n2ncc3c(=O)[nH]cnc32)cc1. The van der Waals surface area contributed by atoms with E-state index in [2.05, 4.69) is 20.4 Å². The van der Waals surface area contributed by atoms with Crippen LogP contribution < -0.4 is 10.9 Å². The number of H-pyrrole nitrogens is 1. The molecule has 0 bridgehead atoms. The van der Waals surface area contributed by atoms with Crippen molar-refractivity contribution in [2.75, 3.05) is 18.5 Å². The number of benzene rings is 1. The van der Waals surface area contributed by atoms with E-state index in [-0.39, 0.29) is 11.5 Å². The molecule has 8 nitrogen and oxygen atoms in total. The molecule has 2 aromatic heterocycles. The minimum Gasteiger partial charge on any atom is -0.381 e. The van der Waals surface area contributed by atoms with Crippen LogP contribution in [0, 0.1) is 5.92 Å². The van der Waals surface area contributed by atoms with Gasteiger partial charge in [-0.1, -0.05) is 0 Å². The third-order valence-electron chi connectivity index (χ3n) is 4.89. The second-order valence-electron chi connectivity index (χ2n) is 6.71. The Bertz CT molecular complexity index is 986. The van der Waals surface area contributed by atoms with Crippen LogP contribution in [-0.2, 0) is 9.53 Å². The van der Waals surface area contributed by atoms with Crippen LogP contribution in [0.5, 0.6) is 0 Å². The highest BCUT2D eigenvalue weighted by Gasteiger charge is 2.15. The molecule has 1 amide bonds. The summed E-state index contributed by atoms with van der Waals surface area (Å²) in [5, 5.41) is 7.60. The molecule has 0 unspecified atom stereocenters. The number of aromatic nitrogens is 4. The molecule has 0 saturated carbocycles. The molecule has 3 heterocycles. The van der Waals surface area contributed by atoms with Crippen LogP contribution in [0.4, 0.5) is 5.69 Å². The number of anilines is 1. The molecule has 0 radical (unpaired) electrons. The van der Waals surface area contributed by atoms with Crippen molar-refractivity contribution in [1.82, 2.24) is 19.7 Å². The minimum atomic E-state index is -0.223. The van der Waals surface area contributed by atoms with Gasteiger partial charge in [-0.3, -0.25) is 9.59 Å². The molecule has 1 aliphatic heterocycles. The molecular formula is C19H21N5O3. The quantitative estimate of drug-likeness (QED) is 0.720. The Morgan fingerprint density at radius 2 is 2.04 bits per heavy atom. The third-order valence-corrected chi connectivity index (χ3v) is 4.89. The number of aromatic amines is 1. The van der Waals surface area contributed by atoms with Crippen LogP contribution in [0.15, 0.2) is 41.6 Å². The first kappa shape index (κ1) is 17.4. The van der Waals surface area contributed by atoms with Gasteiger partial charge in [0.05, 0.1) is 18.2 Å². The molecule has 0 aliphatic carbocycles. The largest absolute Gasteiger partial charge is 0.381 e. The summed E-state index contributed by atoms with van der Waals surface area (Å²) in [5.41, 5.74) is 1.77. The lowest BCUT2D eigenvalue weighted by atomic mass is 9.95.